The van der Waals surface area contributed by atoms with E-state index in [4.69, 9.17) is 14.2 Å². The number of benzene rings is 2. The molecule has 2 aromatic rings. The van der Waals surface area contributed by atoms with E-state index in [0.717, 1.165) is 18.2 Å². The van der Waals surface area contributed by atoms with Crippen LogP contribution >= 0.6 is 0 Å². The minimum atomic E-state index is -0.899. The Bertz CT molecular complexity index is 777. The summed E-state index contributed by atoms with van der Waals surface area (Å²) in [5, 5.41) is 0. The Hall–Kier alpha value is -2.89. The molecule has 0 radical (unpaired) electrons. The van der Waals surface area contributed by atoms with Crippen molar-refractivity contribution in [2.75, 3.05) is 20.3 Å². The number of carbonyl (C=O) groups excluding carboxylic acids is 1. The molecule has 24 heavy (non-hydrogen) atoms. The molecule has 0 bridgehead atoms. The first-order chi connectivity index (χ1) is 11.6. The van der Waals surface area contributed by atoms with Crippen LogP contribution < -0.4 is 14.2 Å². The van der Waals surface area contributed by atoms with Crippen molar-refractivity contribution < 1.29 is 27.8 Å². The Kier molecular flexibility index (Phi) is 4.46. The summed E-state index contributed by atoms with van der Waals surface area (Å²) in [6.07, 6.45) is 2.54. The van der Waals surface area contributed by atoms with Crippen LogP contribution in [0.5, 0.6) is 17.2 Å². The maximum Gasteiger partial charge on any atom is 0.203 e. The van der Waals surface area contributed by atoms with Gasteiger partial charge in [-0.3, -0.25) is 4.79 Å². The molecule has 3 rings (SSSR count). The van der Waals surface area contributed by atoms with E-state index in [2.05, 4.69) is 0 Å². The van der Waals surface area contributed by atoms with Gasteiger partial charge in [-0.25, -0.2) is 8.78 Å². The molecule has 6 heteroatoms. The van der Waals surface area contributed by atoms with E-state index in [1.165, 1.54) is 19.3 Å². The lowest BCUT2D eigenvalue weighted by atomic mass is 10.1. The van der Waals surface area contributed by atoms with Gasteiger partial charge in [0.2, 0.25) is 5.75 Å². The van der Waals surface area contributed by atoms with Crippen molar-refractivity contribution in [3.63, 3.8) is 0 Å². The van der Waals surface area contributed by atoms with E-state index in [9.17, 15) is 13.6 Å². The average Bonchev–Trinajstić information content (AvgIpc) is 2.59. The molecule has 0 atom stereocenters. The molecule has 0 unspecified atom stereocenters. The van der Waals surface area contributed by atoms with Gasteiger partial charge in [0, 0.05) is 0 Å². The lowest BCUT2D eigenvalue weighted by Gasteiger charge is -2.20. The summed E-state index contributed by atoms with van der Waals surface area (Å²) < 4.78 is 43.5. The molecule has 1 heterocycles. The maximum atomic E-state index is 13.6. The average molecular weight is 332 g/mol. The molecule has 0 saturated heterocycles. The zero-order valence-electron chi connectivity index (χ0n) is 12.8. The summed E-state index contributed by atoms with van der Waals surface area (Å²) in [5.74, 6) is -1.12. The number of carbonyl (C=O) groups is 1. The van der Waals surface area contributed by atoms with Crippen molar-refractivity contribution in [3.8, 4) is 17.2 Å². The number of ether oxygens (including phenoxy) is 3. The summed E-state index contributed by atoms with van der Waals surface area (Å²) in [4.78, 5) is 12.0. The summed E-state index contributed by atoms with van der Waals surface area (Å²) >= 11 is 0. The number of ketones is 1. The molecule has 4 nitrogen and oxygen atoms in total. The summed E-state index contributed by atoms with van der Waals surface area (Å²) in [5.41, 5.74) is -0.000504. The summed E-state index contributed by atoms with van der Waals surface area (Å²) in [6.45, 7) is 0.826. The number of allylic oxidation sites excluding steroid dienone is 1. The number of halogens is 2. The van der Waals surface area contributed by atoms with Crippen LogP contribution in [-0.4, -0.2) is 26.1 Å². The van der Waals surface area contributed by atoms with Gasteiger partial charge in [0.05, 0.1) is 12.7 Å². The van der Waals surface area contributed by atoms with Crippen molar-refractivity contribution >= 4 is 11.9 Å². The van der Waals surface area contributed by atoms with Crippen LogP contribution in [0.2, 0.25) is 0 Å². The molecule has 0 amide bonds. The number of rotatable bonds is 4. The van der Waals surface area contributed by atoms with Crippen LogP contribution in [0.1, 0.15) is 15.9 Å². The third-order valence-electron chi connectivity index (χ3n) is 3.49. The van der Waals surface area contributed by atoms with Crippen LogP contribution in [0.25, 0.3) is 6.08 Å². The second kappa shape index (κ2) is 6.70. The fraction of sp³-hybridized carbons (Fsp3) is 0.167. The van der Waals surface area contributed by atoms with Crippen molar-refractivity contribution in [1.82, 2.24) is 0 Å². The smallest absolute Gasteiger partial charge is 0.203 e. The van der Waals surface area contributed by atoms with Crippen LogP contribution in [0, 0.1) is 11.6 Å². The summed E-state index contributed by atoms with van der Waals surface area (Å²) in [6, 6.07) is 6.60. The predicted octanol–water partition coefficient (Wildman–Crippen LogP) is 3.64. The number of hydrogen-bond acceptors (Lipinski definition) is 4. The molecule has 124 valence electrons. The third-order valence-corrected chi connectivity index (χ3v) is 3.49. The molecule has 1 aliphatic rings. The Labute approximate surface area is 137 Å². The third kappa shape index (κ3) is 3.08. The SMILES string of the molecule is COc1cc(/C=C/C(=O)c2c(F)cccc2F)cc2c1OCCO2. The van der Waals surface area contributed by atoms with Gasteiger partial charge < -0.3 is 14.2 Å². The van der Waals surface area contributed by atoms with Gasteiger partial charge in [-0.1, -0.05) is 12.1 Å². The fourth-order valence-electron chi connectivity index (χ4n) is 2.38. The molecule has 0 saturated carbocycles. The second-order valence-corrected chi connectivity index (χ2v) is 5.04. The molecule has 2 aromatic carbocycles. The van der Waals surface area contributed by atoms with Crippen LogP contribution in [0.3, 0.4) is 0 Å². The zero-order valence-corrected chi connectivity index (χ0v) is 12.8. The molecule has 0 fully saturated rings. The Morgan fingerprint density at radius 3 is 2.58 bits per heavy atom. The fourth-order valence-corrected chi connectivity index (χ4v) is 2.38. The number of hydrogen-bond donors (Lipinski definition) is 0. The quantitative estimate of drug-likeness (QED) is 0.633. The summed E-state index contributed by atoms with van der Waals surface area (Å²) in [7, 11) is 1.49. The monoisotopic (exact) mass is 332 g/mol. The molecule has 1 aliphatic heterocycles. The highest BCUT2D eigenvalue weighted by Crippen LogP contribution is 2.40. The van der Waals surface area contributed by atoms with Gasteiger partial charge in [0.15, 0.2) is 17.3 Å². The Balaban J connectivity index is 1.90. The van der Waals surface area contributed by atoms with Crippen LogP contribution in [-0.2, 0) is 0 Å². The standard InChI is InChI=1S/C18H14F2O4/c1-22-15-9-11(10-16-18(15)24-8-7-23-16)5-6-14(21)17-12(19)3-2-4-13(17)20/h2-6,9-10H,7-8H2,1H3/b6-5+. The predicted molar refractivity (Wildman–Crippen MR) is 83.7 cm³/mol. The topological polar surface area (TPSA) is 44.8 Å². The molecular formula is C18H14F2O4. The van der Waals surface area contributed by atoms with Crippen LogP contribution in [0.15, 0.2) is 36.4 Å². The first-order valence-electron chi connectivity index (χ1n) is 7.24. The minimum Gasteiger partial charge on any atom is -0.493 e. The molecular weight excluding hydrogens is 318 g/mol. The van der Waals surface area contributed by atoms with Crippen LogP contribution in [0.4, 0.5) is 8.78 Å². The largest absolute Gasteiger partial charge is 0.493 e. The zero-order chi connectivity index (χ0) is 17.1. The minimum absolute atomic E-state index is 0.405. The van der Waals surface area contributed by atoms with Gasteiger partial charge in [-0.2, -0.15) is 0 Å². The van der Waals surface area contributed by atoms with Gasteiger partial charge in [0.25, 0.3) is 0 Å². The normalized spacial score (nSPS) is 13.1. The van der Waals surface area contributed by atoms with Gasteiger partial charge in [-0.15, -0.1) is 0 Å². The highest BCUT2D eigenvalue weighted by atomic mass is 19.1. The van der Waals surface area contributed by atoms with Crippen molar-refractivity contribution in [3.05, 3.63) is 59.2 Å². The van der Waals surface area contributed by atoms with Crippen molar-refractivity contribution in [2.45, 2.75) is 0 Å². The van der Waals surface area contributed by atoms with Gasteiger partial charge in [0.1, 0.15) is 24.8 Å². The van der Waals surface area contributed by atoms with E-state index in [1.807, 2.05) is 0 Å². The van der Waals surface area contributed by atoms with Crippen molar-refractivity contribution in [1.29, 1.82) is 0 Å². The van der Waals surface area contributed by atoms with Gasteiger partial charge >= 0.3 is 0 Å². The van der Waals surface area contributed by atoms with Gasteiger partial charge in [-0.05, 0) is 35.9 Å². The highest BCUT2D eigenvalue weighted by molar-refractivity contribution is 6.07. The first kappa shape index (κ1) is 16.0. The number of fused-ring (bicyclic) bond motifs is 1. The molecule has 0 aliphatic carbocycles. The first-order valence-corrected chi connectivity index (χ1v) is 7.24. The second-order valence-electron chi connectivity index (χ2n) is 5.04. The number of methoxy groups -OCH3 is 1. The van der Waals surface area contributed by atoms with E-state index in [0.29, 0.717) is 36.0 Å². The molecule has 0 aromatic heterocycles. The maximum absolute atomic E-state index is 13.6. The van der Waals surface area contributed by atoms with E-state index in [1.54, 1.807) is 12.1 Å². The highest BCUT2D eigenvalue weighted by Gasteiger charge is 2.18. The van der Waals surface area contributed by atoms with E-state index in [-0.39, 0.29) is 0 Å². The van der Waals surface area contributed by atoms with E-state index < -0.39 is 23.0 Å². The lowest BCUT2D eigenvalue weighted by Crippen LogP contribution is -2.16. The lowest BCUT2D eigenvalue weighted by molar-refractivity contribution is 0.104. The molecule has 0 spiro atoms. The van der Waals surface area contributed by atoms with Crippen molar-refractivity contribution in [2.24, 2.45) is 0 Å². The molecule has 0 N–H and O–H groups in total. The Morgan fingerprint density at radius 1 is 1.17 bits per heavy atom. The Morgan fingerprint density at radius 2 is 1.88 bits per heavy atom. The van der Waals surface area contributed by atoms with E-state index >= 15 is 0 Å².